The summed E-state index contributed by atoms with van der Waals surface area (Å²) in [6.45, 7) is 3.16. The van der Waals surface area contributed by atoms with Gasteiger partial charge in [0.05, 0.1) is 12.2 Å². The molecule has 2 aromatic carbocycles. The fourth-order valence-electron chi connectivity index (χ4n) is 2.92. The molecular formula is C19H19NO4. The molecule has 1 aliphatic rings. The first-order valence-corrected chi connectivity index (χ1v) is 7.87. The standard InChI is InChI=1S/C19H19NO4/c1-12-9-16(5-6-17(12)19(22)23)20-18(21)14-4-2-3-13(10-14)15-7-8-24-11-15/h2-6,9-10,15H,7-8,11H2,1H3,(H,20,21)(H,22,23). The normalized spacial score (nSPS) is 16.8. The number of benzene rings is 2. The molecule has 1 fully saturated rings. The van der Waals surface area contributed by atoms with Gasteiger partial charge in [-0.05, 0) is 54.8 Å². The summed E-state index contributed by atoms with van der Waals surface area (Å²) in [5, 5.41) is 11.9. The maximum Gasteiger partial charge on any atom is 0.335 e. The number of hydrogen-bond donors (Lipinski definition) is 2. The highest BCUT2D eigenvalue weighted by Crippen LogP contribution is 2.26. The van der Waals surface area contributed by atoms with Crippen LogP contribution in [-0.4, -0.2) is 30.2 Å². The molecule has 1 atom stereocenters. The van der Waals surface area contributed by atoms with E-state index in [1.165, 1.54) is 6.07 Å². The molecule has 0 aromatic heterocycles. The summed E-state index contributed by atoms with van der Waals surface area (Å²) in [5.41, 5.74) is 3.11. The van der Waals surface area contributed by atoms with Crippen LogP contribution in [0.5, 0.6) is 0 Å². The highest BCUT2D eigenvalue weighted by Gasteiger charge is 2.19. The van der Waals surface area contributed by atoms with Crippen molar-refractivity contribution in [2.75, 3.05) is 18.5 Å². The lowest BCUT2D eigenvalue weighted by molar-refractivity contribution is 0.0696. The first-order chi connectivity index (χ1) is 11.5. The molecule has 1 amide bonds. The Balaban J connectivity index is 1.76. The van der Waals surface area contributed by atoms with Crippen LogP contribution in [0.15, 0.2) is 42.5 Å². The number of nitrogens with one attached hydrogen (secondary N) is 1. The molecule has 0 saturated carbocycles. The van der Waals surface area contributed by atoms with Crippen LogP contribution in [0.1, 0.15) is 44.2 Å². The van der Waals surface area contributed by atoms with E-state index in [2.05, 4.69) is 5.32 Å². The van der Waals surface area contributed by atoms with Crippen LogP contribution >= 0.6 is 0 Å². The number of amides is 1. The Hall–Kier alpha value is -2.66. The smallest absolute Gasteiger partial charge is 0.335 e. The van der Waals surface area contributed by atoms with Crippen molar-refractivity contribution in [2.45, 2.75) is 19.3 Å². The van der Waals surface area contributed by atoms with Crippen molar-refractivity contribution in [2.24, 2.45) is 0 Å². The maximum absolute atomic E-state index is 12.5. The van der Waals surface area contributed by atoms with E-state index in [1.54, 1.807) is 25.1 Å². The Morgan fingerprint density at radius 2 is 2.04 bits per heavy atom. The number of rotatable bonds is 4. The van der Waals surface area contributed by atoms with Crippen LogP contribution in [0, 0.1) is 6.92 Å². The minimum Gasteiger partial charge on any atom is -0.478 e. The highest BCUT2D eigenvalue weighted by atomic mass is 16.5. The molecule has 0 bridgehead atoms. The SMILES string of the molecule is Cc1cc(NC(=O)c2cccc(C3CCOC3)c2)ccc1C(=O)O. The van der Waals surface area contributed by atoms with E-state index in [1.807, 2.05) is 18.2 Å². The van der Waals surface area contributed by atoms with Gasteiger partial charge in [0.15, 0.2) is 0 Å². The predicted octanol–water partition coefficient (Wildman–Crippen LogP) is 3.45. The molecule has 2 N–H and O–H groups in total. The molecule has 0 radical (unpaired) electrons. The third-order valence-corrected chi connectivity index (χ3v) is 4.26. The van der Waals surface area contributed by atoms with Crippen LogP contribution in [0.3, 0.4) is 0 Å². The topological polar surface area (TPSA) is 75.6 Å². The van der Waals surface area contributed by atoms with Gasteiger partial charge in [-0.3, -0.25) is 4.79 Å². The van der Waals surface area contributed by atoms with Gasteiger partial charge in [-0.25, -0.2) is 4.79 Å². The van der Waals surface area contributed by atoms with Crippen molar-refractivity contribution in [3.8, 4) is 0 Å². The lowest BCUT2D eigenvalue weighted by Gasteiger charge is -2.11. The Morgan fingerprint density at radius 3 is 2.71 bits per heavy atom. The van der Waals surface area contributed by atoms with Gasteiger partial charge in [-0.15, -0.1) is 0 Å². The average Bonchev–Trinajstić information content (AvgIpc) is 3.09. The van der Waals surface area contributed by atoms with Crippen LogP contribution in [0.2, 0.25) is 0 Å². The van der Waals surface area contributed by atoms with Crippen molar-refractivity contribution < 1.29 is 19.4 Å². The summed E-state index contributed by atoms with van der Waals surface area (Å²) in [7, 11) is 0. The van der Waals surface area contributed by atoms with E-state index in [0.29, 0.717) is 29.3 Å². The fraction of sp³-hybridized carbons (Fsp3) is 0.263. The minimum absolute atomic E-state index is 0.210. The second-order valence-corrected chi connectivity index (χ2v) is 5.97. The largest absolute Gasteiger partial charge is 0.478 e. The molecule has 2 aromatic rings. The van der Waals surface area contributed by atoms with Crippen LogP contribution in [-0.2, 0) is 4.74 Å². The van der Waals surface area contributed by atoms with Crippen LogP contribution in [0.4, 0.5) is 5.69 Å². The molecule has 24 heavy (non-hydrogen) atoms. The Morgan fingerprint density at radius 1 is 1.21 bits per heavy atom. The summed E-state index contributed by atoms with van der Waals surface area (Å²) < 4.78 is 5.40. The van der Waals surface area contributed by atoms with Gasteiger partial charge in [-0.1, -0.05) is 12.1 Å². The fourth-order valence-corrected chi connectivity index (χ4v) is 2.92. The van der Waals surface area contributed by atoms with Gasteiger partial charge in [0, 0.05) is 23.8 Å². The Kier molecular flexibility index (Phi) is 4.62. The summed E-state index contributed by atoms with van der Waals surface area (Å²) in [6, 6.07) is 12.3. The summed E-state index contributed by atoms with van der Waals surface area (Å²) in [4.78, 5) is 23.5. The van der Waals surface area contributed by atoms with Gasteiger partial charge in [-0.2, -0.15) is 0 Å². The van der Waals surface area contributed by atoms with Gasteiger partial charge < -0.3 is 15.2 Å². The van der Waals surface area contributed by atoms with E-state index >= 15 is 0 Å². The van der Waals surface area contributed by atoms with E-state index in [0.717, 1.165) is 18.6 Å². The number of carboxylic acids is 1. The molecule has 1 heterocycles. The third kappa shape index (κ3) is 3.46. The molecule has 3 rings (SSSR count). The Labute approximate surface area is 140 Å². The summed E-state index contributed by atoms with van der Waals surface area (Å²) >= 11 is 0. The van der Waals surface area contributed by atoms with Gasteiger partial charge >= 0.3 is 5.97 Å². The van der Waals surface area contributed by atoms with Crippen molar-refractivity contribution >= 4 is 17.6 Å². The molecule has 5 heteroatoms. The molecule has 5 nitrogen and oxygen atoms in total. The second-order valence-electron chi connectivity index (χ2n) is 5.97. The number of ether oxygens (including phenoxy) is 1. The molecule has 1 unspecified atom stereocenters. The molecule has 1 aliphatic heterocycles. The zero-order valence-corrected chi connectivity index (χ0v) is 13.4. The summed E-state index contributed by atoms with van der Waals surface area (Å²) in [6.07, 6.45) is 0.973. The lowest BCUT2D eigenvalue weighted by atomic mass is 9.96. The number of aromatic carboxylic acids is 1. The van der Waals surface area contributed by atoms with E-state index in [4.69, 9.17) is 9.84 Å². The average molecular weight is 325 g/mol. The highest BCUT2D eigenvalue weighted by molar-refractivity contribution is 6.04. The lowest BCUT2D eigenvalue weighted by Crippen LogP contribution is -2.13. The zero-order chi connectivity index (χ0) is 17.1. The van der Waals surface area contributed by atoms with E-state index < -0.39 is 5.97 Å². The summed E-state index contributed by atoms with van der Waals surface area (Å²) in [5.74, 6) is -0.843. The number of carbonyl (C=O) groups excluding carboxylic acids is 1. The Bertz CT molecular complexity index is 779. The zero-order valence-electron chi connectivity index (χ0n) is 13.4. The van der Waals surface area contributed by atoms with Crippen molar-refractivity contribution in [3.63, 3.8) is 0 Å². The minimum atomic E-state index is -0.975. The van der Waals surface area contributed by atoms with E-state index in [-0.39, 0.29) is 11.5 Å². The monoisotopic (exact) mass is 325 g/mol. The third-order valence-electron chi connectivity index (χ3n) is 4.26. The first kappa shape index (κ1) is 16.2. The van der Waals surface area contributed by atoms with Crippen molar-refractivity contribution in [1.29, 1.82) is 0 Å². The molecule has 124 valence electrons. The van der Waals surface area contributed by atoms with Gasteiger partial charge in [0.1, 0.15) is 0 Å². The van der Waals surface area contributed by atoms with Crippen molar-refractivity contribution in [1.82, 2.24) is 0 Å². The number of anilines is 1. The van der Waals surface area contributed by atoms with Crippen LogP contribution in [0.25, 0.3) is 0 Å². The molecular weight excluding hydrogens is 306 g/mol. The van der Waals surface area contributed by atoms with Crippen LogP contribution < -0.4 is 5.32 Å². The maximum atomic E-state index is 12.5. The number of carboxylic acid groups (broad SMARTS) is 1. The van der Waals surface area contributed by atoms with Crippen molar-refractivity contribution in [3.05, 3.63) is 64.7 Å². The number of hydrogen-bond acceptors (Lipinski definition) is 3. The quantitative estimate of drug-likeness (QED) is 0.903. The first-order valence-electron chi connectivity index (χ1n) is 7.87. The molecule has 0 spiro atoms. The second kappa shape index (κ2) is 6.84. The molecule has 1 saturated heterocycles. The van der Waals surface area contributed by atoms with E-state index in [9.17, 15) is 9.59 Å². The predicted molar refractivity (Wildman–Crippen MR) is 90.7 cm³/mol. The number of carbonyl (C=O) groups is 2. The van der Waals surface area contributed by atoms with Gasteiger partial charge in [0.25, 0.3) is 5.91 Å². The molecule has 0 aliphatic carbocycles. The van der Waals surface area contributed by atoms with Gasteiger partial charge in [0.2, 0.25) is 0 Å². The number of aryl methyl sites for hydroxylation is 1.